The first-order chi connectivity index (χ1) is 15.0. The minimum Gasteiger partial charge on any atom is -0.369 e. The molecule has 0 aliphatic carbocycles. The van der Waals surface area contributed by atoms with Gasteiger partial charge in [0.25, 0.3) is 11.8 Å². The molecule has 166 valence electrons. The molecule has 1 N–H and O–H groups in total. The van der Waals surface area contributed by atoms with Gasteiger partial charge in [0.1, 0.15) is 5.57 Å². The zero-order valence-corrected chi connectivity index (χ0v) is 19.6. The zero-order valence-electron chi connectivity index (χ0n) is 18.8. The van der Waals surface area contributed by atoms with Crippen molar-refractivity contribution in [1.82, 2.24) is 5.32 Å². The van der Waals surface area contributed by atoms with Gasteiger partial charge in [-0.25, -0.2) is 9.69 Å². The number of fused-ring (bicyclic) bond motifs is 1. The predicted molar refractivity (Wildman–Crippen MR) is 127 cm³/mol. The first kappa shape index (κ1) is 22.1. The van der Waals surface area contributed by atoms with Gasteiger partial charge < -0.3 is 4.90 Å². The number of nitrogens with one attached hydrogen (secondary N) is 1. The summed E-state index contributed by atoms with van der Waals surface area (Å²) in [7, 11) is 2.04. The first-order valence-corrected chi connectivity index (χ1v) is 10.9. The second-order valence-corrected chi connectivity index (χ2v) is 9.56. The molecule has 1 atom stereocenters. The van der Waals surface area contributed by atoms with E-state index in [1.807, 2.05) is 25.2 Å². The second-order valence-electron chi connectivity index (χ2n) is 9.15. The van der Waals surface area contributed by atoms with E-state index in [1.165, 1.54) is 6.08 Å². The van der Waals surface area contributed by atoms with Crippen molar-refractivity contribution in [2.24, 2.45) is 0 Å². The van der Waals surface area contributed by atoms with Crippen molar-refractivity contribution in [1.29, 1.82) is 0 Å². The number of hydrogen-bond acceptors (Lipinski definition) is 4. The Hall–Kier alpha value is -3.12. The Morgan fingerprint density at radius 3 is 2.50 bits per heavy atom. The van der Waals surface area contributed by atoms with Crippen LogP contribution >= 0.6 is 11.6 Å². The summed E-state index contributed by atoms with van der Waals surface area (Å²) in [5, 5.41) is 2.71. The summed E-state index contributed by atoms with van der Waals surface area (Å²) in [6.07, 6.45) is 2.44. The highest BCUT2D eigenvalue weighted by molar-refractivity contribution is 6.40. The molecule has 6 nitrogen and oxygen atoms in total. The maximum Gasteiger partial charge on any atom is 0.335 e. The summed E-state index contributed by atoms with van der Waals surface area (Å²) in [5.41, 5.74) is 3.76. The van der Waals surface area contributed by atoms with Crippen LogP contribution in [0.15, 0.2) is 42.0 Å². The number of para-hydroxylation sites is 1. The zero-order chi connectivity index (χ0) is 23.4. The van der Waals surface area contributed by atoms with Gasteiger partial charge in [-0.1, -0.05) is 36.7 Å². The van der Waals surface area contributed by atoms with Crippen LogP contribution in [-0.4, -0.2) is 30.4 Å². The van der Waals surface area contributed by atoms with Gasteiger partial charge in [-0.2, -0.15) is 0 Å². The van der Waals surface area contributed by atoms with Crippen LogP contribution in [0.5, 0.6) is 0 Å². The van der Waals surface area contributed by atoms with Gasteiger partial charge >= 0.3 is 6.03 Å². The van der Waals surface area contributed by atoms with Crippen molar-refractivity contribution < 1.29 is 14.4 Å². The molecule has 2 aliphatic heterocycles. The summed E-state index contributed by atoms with van der Waals surface area (Å²) < 4.78 is 0. The molecule has 7 heteroatoms. The lowest BCUT2D eigenvalue weighted by molar-refractivity contribution is -0.122. The molecule has 1 unspecified atom stereocenters. The summed E-state index contributed by atoms with van der Waals surface area (Å²) >= 11 is 6.59. The fraction of sp³-hybridized carbons (Fsp3) is 0.320. The van der Waals surface area contributed by atoms with Crippen molar-refractivity contribution in [2.75, 3.05) is 16.8 Å². The Morgan fingerprint density at radius 2 is 1.81 bits per heavy atom. The van der Waals surface area contributed by atoms with Crippen LogP contribution in [0.25, 0.3) is 6.08 Å². The van der Waals surface area contributed by atoms with Crippen molar-refractivity contribution in [3.8, 4) is 0 Å². The van der Waals surface area contributed by atoms with Crippen LogP contribution in [0.4, 0.5) is 16.2 Å². The van der Waals surface area contributed by atoms with Crippen LogP contribution in [0.3, 0.4) is 0 Å². The number of imide groups is 2. The molecule has 4 amide bonds. The third-order valence-corrected chi connectivity index (χ3v) is 6.84. The first-order valence-electron chi connectivity index (χ1n) is 10.6. The van der Waals surface area contributed by atoms with Crippen LogP contribution < -0.4 is 15.1 Å². The van der Waals surface area contributed by atoms with Gasteiger partial charge in [0.05, 0.1) is 5.69 Å². The monoisotopic (exact) mass is 451 g/mol. The summed E-state index contributed by atoms with van der Waals surface area (Å²) in [4.78, 5) is 41.5. The molecule has 0 saturated carbocycles. The van der Waals surface area contributed by atoms with E-state index >= 15 is 0 Å². The number of barbiturate groups is 1. The number of nitrogens with zero attached hydrogens (tertiary/aromatic N) is 2. The van der Waals surface area contributed by atoms with Crippen LogP contribution in [0.1, 0.15) is 49.8 Å². The number of benzene rings is 2. The van der Waals surface area contributed by atoms with E-state index < -0.39 is 17.8 Å². The van der Waals surface area contributed by atoms with E-state index in [1.54, 1.807) is 25.1 Å². The molecule has 0 radical (unpaired) electrons. The van der Waals surface area contributed by atoms with E-state index in [-0.39, 0.29) is 17.0 Å². The lowest BCUT2D eigenvalue weighted by Crippen LogP contribution is -2.54. The molecule has 2 aromatic carbocycles. The largest absolute Gasteiger partial charge is 0.369 e. The van der Waals surface area contributed by atoms with E-state index in [2.05, 4.69) is 31.0 Å². The molecule has 0 aromatic heterocycles. The van der Waals surface area contributed by atoms with Gasteiger partial charge in [0.2, 0.25) is 0 Å². The number of amides is 4. The molecule has 0 spiro atoms. The molecule has 1 fully saturated rings. The van der Waals surface area contributed by atoms with Crippen molar-refractivity contribution >= 4 is 46.9 Å². The van der Waals surface area contributed by atoms with Crippen LogP contribution in [-0.2, 0) is 9.59 Å². The number of aryl methyl sites for hydroxylation is 1. The number of anilines is 2. The fourth-order valence-corrected chi connectivity index (χ4v) is 4.77. The van der Waals surface area contributed by atoms with Gasteiger partial charge in [0.15, 0.2) is 0 Å². The average Bonchev–Trinajstić information content (AvgIpc) is 2.71. The van der Waals surface area contributed by atoms with Gasteiger partial charge in [-0.15, -0.1) is 0 Å². The van der Waals surface area contributed by atoms with Crippen molar-refractivity contribution in [2.45, 2.75) is 45.6 Å². The third-order valence-electron chi connectivity index (χ3n) is 6.51. The Bertz CT molecular complexity index is 1180. The Morgan fingerprint density at radius 1 is 1.12 bits per heavy atom. The predicted octanol–water partition coefficient (Wildman–Crippen LogP) is 5.04. The highest BCUT2D eigenvalue weighted by Gasteiger charge is 2.38. The maximum atomic E-state index is 13.2. The van der Waals surface area contributed by atoms with E-state index in [0.29, 0.717) is 16.3 Å². The number of urea groups is 1. The van der Waals surface area contributed by atoms with E-state index in [0.717, 1.165) is 28.1 Å². The molecule has 32 heavy (non-hydrogen) atoms. The number of halogens is 1. The van der Waals surface area contributed by atoms with Crippen LogP contribution in [0.2, 0.25) is 5.02 Å². The maximum absolute atomic E-state index is 13.2. The molecular weight excluding hydrogens is 426 g/mol. The lowest BCUT2D eigenvalue weighted by Gasteiger charge is -2.45. The Kier molecular flexibility index (Phi) is 5.37. The average molecular weight is 452 g/mol. The minimum atomic E-state index is -0.763. The molecule has 4 rings (SSSR count). The van der Waals surface area contributed by atoms with Crippen molar-refractivity contribution in [3.05, 3.63) is 63.7 Å². The molecule has 2 aliphatic rings. The quantitative estimate of drug-likeness (QED) is 0.513. The molecule has 0 bridgehead atoms. The fourth-order valence-electron chi connectivity index (χ4n) is 4.56. The molecule has 1 saturated heterocycles. The number of rotatable bonds is 2. The normalized spacial score (nSPS) is 21.6. The SMILES string of the molecule is Cc1ccccc1N1C(=O)NC(=O)/C(=C/c2cc3c(cc2Cl)N(C)C(C)(C)CC3C)C1=O. The smallest absolute Gasteiger partial charge is 0.335 e. The summed E-state index contributed by atoms with van der Waals surface area (Å²) in [5.74, 6) is -1.12. The minimum absolute atomic E-state index is 0.0106. The van der Waals surface area contributed by atoms with E-state index in [4.69, 9.17) is 11.6 Å². The molecule has 2 heterocycles. The van der Waals surface area contributed by atoms with Gasteiger partial charge in [-0.3, -0.25) is 14.9 Å². The Balaban J connectivity index is 1.79. The summed E-state index contributed by atoms with van der Waals surface area (Å²) in [6.45, 7) is 8.35. The second kappa shape index (κ2) is 7.78. The molecular formula is C25H26ClN3O3. The Labute approximate surface area is 192 Å². The van der Waals surface area contributed by atoms with Crippen LogP contribution in [0, 0.1) is 6.92 Å². The van der Waals surface area contributed by atoms with Gasteiger partial charge in [-0.05, 0) is 74.1 Å². The number of carbonyl (C=O) groups is 3. The molecule has 2 aromatic rings. The highest BCUT2D eigenvalue weighted by Crippen LogP contribution is 2.44. The van der Waals surface area contributed by atoms with E-state index in [9.17, 15) is 14.4 Å². The number of carbonyl (C=O) groups excluding carboxylic acids is 3. The van der Waals surface area contributed by atoms with Crippen molar-refractivity contribution in [3.63, 3.8) is 0 Å². The third kappa shape index (κ3) is 3.58. The highest BCUT2D eigenvalue weighted by atomic mass is 35.5. The number of hydrogen-bond donors (Lipinski definition) is 1. The summed E-state index contributed by atoms with van der Waals surface area (Å²) in [6, 6.07) is 10.1. The lowest BCUT2D eigenvalue weighted by atomic mass is 9.80. The standard InChI is InChI=1S/C25H26ClN3O3/c1-14-8-6-7-9-20(14)29-23(31)18(22(30)27-24(29)32)11-16-10-17-15(2)13-25(3,4)28(5)21(17)12-19(16)26/h6-12,15H,13H2,1-5H3,(H,27,30,32)/b18-11-. The van der Waals surface area contributed by atoms with Gasteiger partial charge in [0, 0.05) is 23.3 Å². The topological polar surface area (TPSA) is 69.7 Å².